The van der Waals surface area contributed by atoms with E-state index in [1.165, 1.54) is 11.3 Å². The molecular formula is C23H25N5O3S. The van der Waals surface area contributed by atoms with Crippen LogP contribution in [0.4, 0.5) is 10.8 Å². The first-order valence-electron chi connectivity index (χ1n) is 10.2. The van der Waals surface area contributed by atoms with E-state index in [0.717, 1.165) is 34.9 Å². The molecule has 4 rings (SSSR count). The SMILES string of the molecule is C=C1CN(c2cccc(-c3csc(NC(=O)CNC(=O)c4cc(C)n(C)c4)n3)c2)CCO1. The fourth-order valence-corrected chi connectivity index (χ4v) is 4.14. The zero-order chi connectivity index (χ0) is 22.7. The normalized spacial score (nSPS) is 13.6. The molecule has 3 heterocycles. The van der Waals surface area contributed by atoms with Gasteiger partial charge in [-0.25, -0.2) is 4.98 Å². The van der Waals surface area contributed by atoms with Gasteiger partial charge in [0.1, 0.15) is 12.4 Å². The lowest BCUT2D eigenvalue weighted by molar-refractivity contribution is -0.115. The van der Waals surface area contributed by atoms with Gasteiger partial charge in [0.15, 0.2) is 5.13 Å². The number of amides is 2. The van der Waals surface area contributed by atoms with Crippen molar-refractivity contribution in [2.24, 2.45) is 7.05 Å². The molecule has 9 heteroatoms. The summed E-state index contributed by atoms with van der Waals surface area (Å²) < 4.78 is 7.29. The molecule has 2 aromatic heterocycles. The topological polar surface area (TPSA) is 88.5 Å². The smallest absolute Gasteiger partial charge is 0.253 e. The molecule has 1 aromatic carbocycles. The molecule has 0 bridgehead atoms. The van der Waals surface area contributed by atoms with Crippen molar-refractivity contribution in [3.63, 3.8) is 0 Å². The molecule has 0 unspecified atom stereocenters. The number of aromatic nitrogens is 2. The van der Waals surface area contributed by atoms with E-state index < -0.39 is 0 Å². The third kappa shape index (κ3) is 5.00. The number of carbonyl (C=O) groups excluding carboxylic acids is 2. The van der Waals surface area contributed by atoms with Crippen LogP contribution in [0.1, 0.15) is 16.1 Å². The highest BCUT2D eigenvalue weighted by molar-refractivity contribution is 7.14. The number of anilines is 2. The largest absolute Gasteiger partial charge is 0.495 e. The maximum absolute atomic E-state index is 12.3. The minimum atomic E-state index is -0.326. The van der Waals surface area contributed by atoms with Crippen LogP contribution in [0.5, 0.6) is 0 Å². The second-order valence-electron chi connectivity index (χ2n) is 7.61. The molecule has 1 aliphatic rings. The van der Waals surface area contributed by atoms with E-state index in [2.05, 4.69) is 33.2 Å². The lowest BCUT2D eigenvalue weighted by Crippen LogP contribution is -2.34. The molecule has 0 atom stereocenters. The highest BCUT2D eigenvalue weighted by atomic mass is 32.1. The van der Waals surface area contributed by atoms with Crippen molar-refractivity contribution < 1.29 is 14.3 Å². The van der Waals surface area contributed by atoms with Crippen LogP contribution in [0.25, 0.3) is 11.3 Å². The Balaban J connectivity index is 1.35. The van der Waals surface area contributed by atoms with Crippen LogP contribution < -0.4 is 15.5 Å². The Morgan fingerprint density at radius 3 is 2.91 bits per heavy atom. The average Bonchev–Trinajstić information content (AvgIpc) is 3.38. The number of carbonyl (C=O) groups is 2. The molecule has 8 nitrogen and oxygen atoms in total. The van der Waals surface area contributed by atoms with Gasteiger partial charge in [-0.3, -0.25) is 9.59 Å². The highest BCUT2D eigenvalue weighted by Gasteiger charge is 2.16. The number of nitrogens with one attached hydrogen (secondary N) is 2. The van der Waals surface area contributed by atoms with Crippen molar-refractivity contribution in [3.05, 3.63) is 65.5 Å². The van der Waals surface area contributed by atoms with E-state index in [0.29, 0.717) is 23.8 Å². The Kier molecular flexibility index (Phi) is 6.27. The van der Waals surface area contributed by atoms with E-state index in [4.69, 9.17) is 4.74 Å². The Morgan fingerprint density at radius 2 is 2.16 bits per heavy atom. The number of aryl methyl sites for hydroxylation is 2. The van der Waals surface area contributed by atoms with E-state index in [9.17, 15) is 9.59 Å². The molecule has 0 saturated carbocycles. The Labute approximate surface area is 190 Å². The first-order chi connectivity index (χ1) is 15.4. The molecule has 0 radical (unpaired) electrons. The van der Waals surface area contributed by atoms with Crippen LogP contribution in [0, 0.1) is 6.92 Å². The summed E-state index contributed by atoms with van der Waals surface area (Å²) in [5, 5.41) is 7.77. The Bertz CT molecular complexity index is 1150. The maximum atomic E-state index is 12.3. The van der Waals surface area contributed by atoms with E-state index in [-0.39, 0.29) is 18.4 Å². The van der Waals surface area contributed by atoms with Gasteiger partial charge in [-0.1, -0.05) is 18.7 Å². The van der Waals surface area contributed by atoms with Crippen molar-refractivity contribution >= 4 is 34.0 Å². The van der Waals surface area contributed by atoms with Gasteiger partial charge < -0.3 is 24.8 Å². The Morgan fingerprint density at radius 1 is 1.31 bits per heavy atom. The molecule has 166 valence electrons. The third-order valence-corrected chi connectivity index (χ3v) is 5.98. The monoisotopic (exact) mass is 451 g/mol. The lowest BCUT2D eigenvalue weighted by atomic mass is 10.1. The summed E-state index contributed by atoms with van der Waals surface area (Å²) in [6.45, 7) is 7.78. The van der Waals surface area contributed by atoms with Gasteiger partial charge in [0, 0.05) is 35.6 Å². The molecular weight excluding hydrogens is 426 g/mol. The van der Waals surface area contributed by atoms with Crippen LogP contribution in [0.15, 0.2) is 54.2 Å². The molecule has 32 heavy (non-hydrogen) atoms. The first-order valence-corrected chi connectivity index (χ1v) is 11.1. The quantitative estimate of drug-likeness (QED) is 0.601. The zero-order valence-corrected chi connectivity index (χ0v) is 18.9. The number of thiazole rings is 1. The number of hydrogen-bond acceptors (Lipinski definition) is 6. The first kappa shape index (κ1) is 21.6. The van der Waals surface area contributed by atoms with Crippen LogP contribution >= 0.6 is 11.3 Å². The summed E-state index contributed by atoms with van der Waals surface area (Å²) in [6, 6.07) is 9.87. The molecule has 1 aliphatic heterocycles. The number of rotatable bonds is 6. The molecule has 1 saturated heterocycles. The van der Waals surface area contributed by atoms with Gasteiger partial charge in [0.25, 0.3) is 5.91 Å². The molecule has 0 aliphatic carbocycles. The second-order valence-corrected chi connectivity index (χ2v) is 8.47. The van der Waals surface area contributed by atoms with Crippen LogP contribution in [-0.2, 0) is 16.6 Å². The highest BCUT2D eigenvalue weighted by Crippen LogP contribution is 2.29. The van der Waals surface area contributed by atoms with Crippen molar-refractivity contribution in [1.82, 2.24) is 14.9 Å². The van der Waals surface area contributed by atoms with E-state index in [1.54, 1.807) is 12.3 Å². The fourth-order valence-electron chi connectivity index (χ4n) is 3.41. The summed E-state index contributed by atoms with van der Waals surface area (Å²) >= 11 is 1.34. The zero-order valence-electron chi connectivity index (χ0n) is 18.1. The minimum Gasteiger partial charge on any atom is -0.495 e. The predicted octanol–water partition coefficient (Wildman–Crippen LogP) is 3.18. The minimum absolute atomic E-state index is 0.127. The number of ether oxygens (including phenoxy) is 1. The van der Waals surface area contributed by atoms with E-state index in [1.807, 2.05) is 42.1 Å². The molecule has 1 fully saturated rings. The van der Waals surface area contributed by atoms with Gasteiger partial charge in [0.05, 0.1) is 30.9 Å². The molecule has 3 aromatic rings. The predicted molar refractivity (Wildman–Crippen MR) is 126 cm³/mol. The number of benzene rings is 1. The van der Waals surface area contributed by atoms with Crippen molar-refractivity contribution in [1.29, 1.82) is 0 Å². The number of nitrogens with zero attached hydrogens (tertiary/aromatic N) is 3. The van der Waals surface area contributed by atoms with Crippen molar-refractivity contribution in [2.75, 3.05) is 36.5 Å². The van der Waals surface area contributed by atoms with Gasteiger partial charge in [-0.05, 0) is 25.1 Å². The maximum Gasteiger partial charge on any atom is 0.253 e. The fraction of sp³-hybridized carbons (Fsp3) is 0.261. The summed E-state index contributed by atoms with van der Waals surface area (Å²) in [6.07, 6.45) is 1.73. The van der Waals surface area contributed by atoms with Gasteiger partial charge in [-0.15, -0.1) is 11.3 Å². The van der Waals surface area contributed by atoms with Crippen LogP contribution in [0.3, 0.4) is 0 Å². The lowest BCUT2D eigenvalue weighted by Gasteiger charge is -2.30. The van der Waals surface area contributed by atoms with Gasteiger partial charge >= 0.3 is 0 Å². The molecule has 0 spiro atoms. The van der Waals surface area contributed by atoms with Crippen LogP contribution in [-0.4, -0.2) is 47.6 Å². The third-order valence-electron chi connectivity index (χ3n) is 5.22. The molecule has 2 amide bonds. The summed E-state index contributed by atoms with van der Waals surface area (Å²) in [7, 11) is 1.87. The van der Waals surface area contributed by atoms with Crippen LogP contribution in [0.2, 0.25) is 0 Å². The molecule has 2 N–H and O–H groups in total. The van der Waals surface area contributed by atoms with Gasteiger partial charge in [-0.2, -0.15) is 0 Å². The van der Waals surface area contributed by atoms with Crippen molar-refractivity contribution in [3.8, 4) is 11.3 Å². The van der Waals surface area contributed by atoms with E-state index >= 15 is 0 Å². The average molecular weight is 452 g/mol. The van der Waals surface area contributed by atoms with Crippen molar-refractivity contribution in [2.45, 2.75) is 6.92 Å². The summed E-state index contributed by atoms with van der Waals surface area (Å²) in [5.74, 6) is 0.147. The second kappa shape index (κ2) is 9.27. The summed E-state index contributed by atoms with van der Waals surface area (Å²) in [5.41, 5.74) is 4.31. The number of hydrogen-bond donors (Lipinski definition) is 2. The number of morpholine rings is 1. The Hall–Kier alpha value is -3.59. The summed E-state index contributed by atoms with van der Waals surface area (Å²) in [4.78, 5) is 31.2. The van der Waals surface area contributed by atoms with Gasteiger partial charge in [0.2, 0.25) is 5.91 Å². The standard InChI is InChI=1S/C23H25N5O3S/c1-15-9-18(13-27(15)3)22(30)24-11-21(29)26-23-25-20(14-32-23)17-5-4-6-19(10-17)28-7-8-31-16(2)12-28/h4-6,9-10,13-14H,2,7-8,11-12H2,1,3H3,(H,24,30)(H,25,26,29).